The van der Waals surface area contributed by atoms with Gasteiger partial charge in [-0.2, -0.15) is 5.10 Å². The summed E-state index contributed by atoms with van der Waals surface area (Å²) in [7, 11) is 0. The molecule has 0 fully saturated rings. The summed E-state index contributed by atoms with van der Waals surface area (Å²) in [5.74, 6) is -0.299. The lowest BCUT2D eigenvalue weighted by molar-refractivity contribution is 0.628. The molecular weight excluding hydrogens is 253 g/mol. The highest BCUT2D eigenvalue weighted by Gasteiger charge is 2.11. The Kier molecular flexibility index (Phi) is 2.99. The Bertz CT molecular complexity index is 762. The van der Waals surface area contributed by atoms with Crippen molar-refractivity contribution in [2.75, 3.05) is 5.73 Å². The van der Waals surface area contributed by atoms with Crippen LogP contribution < -0.4 is 5.73 Å². The molecule has 3 aromatic rings. The van der Waals surface area contributed by atoms with Crippen molar-refractivity contribution in [2.24, 2.45) is 0 Å². The van der Waals surface area contributed by atoms with Gasteiger partial charge in [-0.25, -0.2) is 9.07 Å². The molecule has 0 saturated carbocycles. The van der Waals surface area contributed by atoms with Crippen molar-refractivity contribution in [3.8, 4) is 16.9 Å². The van der Waals surface area contributed by atoms with E-state index in [0.717, 1.165) is 11.3 Å². The molecule has 0 aliphatic rings. The molecule has 0 unspecified atom stereocenters. The first-order chi connectivity index (χ1) is 9.65. The Labute approximate surface area is 116 Å². The molecule has 0 atom stereocenters. The second kappa shape index (κ2) is 4.81. The van der Waals surface area contributed by atoms with E-state index in [4.69, 9.17) is 5.73 Å². The van der Waals surface area contributed by atoms with Gasteiger partial charge in [-0.3, -0.25) is 0 Å². The zero-order chi connectivity index (χ0) is 14.1. The van der Waals surface area contributed by atoms with Crippen molar-refractivity contribution in [3.63, 3.8) is 0 Å². The van der Waals surface area contributed by atoms with Crippen LogP contribution in [0.5, 0.6) is 0 Å². The first kappa shape index (κ1) is 12.4. The predicted molar refractivity (Wildman–Crippen MR) is 78.1 cm³/mol. The van der Waals surface area contributed by atoms with E-state index in [1.54, 1.807) is 23.0 Å². The number of aryl methyl sites for hydroxylation is 1. The van der Waals surface area contributed by atoms with Gasteiger partial charge in [0, 0.05) is 5.56 Å². The summed E-state index contributed by atoms with van der Waals surface area (Å²) in [6.07, 6.45) is 1.75. The third kappa shape index (κ3) is 2.16. The van der Waals surface area contributed by atoms with Crippen LogP contribution in [0, 0.1) is 12.7 Å². The molecule has 2 aromatic carbocycles. The Morgan fingerprint density at radius 1 is 1.10 bits per heavy atom. The summed E-state index contributed by atoms with van der Waals surface area (Å²) in [4.78, 5) is 0. The monoisotopic (exact) mass is 267 g/mol. The highest BCUT2D eigenvalue weighted by atomic mass is 19.1. The zero-order valence-electron chi connectivity index (χ0n) is 11.0. The molecule has 1 heterocycles. The second-order valence-corrected chi connectivity index (χ2v) is 4.67. The van der Waals surface area contributed by atoms with Crippen molar-refractivity contribution in [3.05, 3.63) is 66.1 Å². The quantitative estimate of drug-likeness (QED) is 0.771. The first-order valence-corrected chi connectivity index (χ1v) is 6.32. The van der Waals surface area contributed by atoms with E-state index >= 15 is 0 Å². The SMILES string of the molecule is Cc1ccccc1-n1cc(N)c(-c2cccc(F)c2)n1. The number of anilines is 1. The lowest BCUT2D eigenvalue weighted by Gasteiger charge is -2.04. The van der Waals surface area contributed by atoms with E-state index in [1.807, 2.05) is 31.2 Å². The van der Waals surface area contributed by atoms with E-state index in [9.17, 15) is 4.39 Å². The molecule has 1 aromatic heterocycles. The Hall–Kier alpha value is -2.62. The number of hydrogen-bond acceptors (Lipinski definition) is 2. The minimum atomic E-state index is -0.299. The van der Waals surface area contributed by atoms with Crippen LogP contribution in [-0.2, 0) is 0 Å². The van der Waals surface area contributed by atoms with Gasteiger partial charge in [0.15, 0.2) is 0 Å². The maximum Gasteiger partial charge on any atom is 0.123 e. The summed E-state index contributed by atoms with van der Waals surface area (Å²) in [6.45, 7) is 2.01. The van der Waals surface area contributed by atoms with E-state index in [1.165, 1.54) is 12.1 Å². The standard InChI is InChI=1S/C16H14FN3/c1-11-5-2-3-8-15(11)20-10-14(18)16(19-20)12-6-4-7-13(17)9-12/h2-10H,18H2,1H3. The van der Waals surface area contributed by atoms with Crippen molar-refractivity contribution < 1.29 is 4.39 Å². The molecule has 0 radical (unpaired) electrons. The van der Waals surface area contributed by atoms with Gasteiger partial charge in [0.2, 0.25) is 0 Å². The van der Waals surface area contributed by atoms with Gasteiger partial charge in [-0.05, 0) is 30.7 Å². The second-order valence-electron chi connectivity index (χ2n) is 4.67. The number of aromatic nitrogens is 2. The van der Waals surface area contributed by atoms with Crippen LogP contribution in [0.15, 0.2) is 54.7 Å². The first-order valence-electron chi connectivity index (χ1n) is 6.32. The van der Waals surface area contributed by atoms with Gasteiger partial charge in [0.05, 0.1) is 17.6 Å². The smallest absolute Gasteiger partial charge is 0.123 e. The Morgan fingerprint density at radius 2 is 1.90 bits per heavy atom. The molecule has 0 aliphatic heterocycles. The average Bonchev–Trinajstić information content (AvgIpc) is 2.81. The Morgan fingerprint density at radius 3 is 2.65 bits per heavy atom. The molecule has 0 bridgehead atoms. The molecule has 4 heteroatoms. The van der Waals surface area contributed by atoms with E-state index in [-0.39, 0.29) is 5.82 Å². The molecule has 0 saturated heterocycles. The molecular formula is C16H14FN3. The van der Waals surface area contributed by atoms with Gasteiger partial charge >= 0.3 is 0 Å². The van der Waals surface area contributed by atoms with Crippen molar-refractivity contribution in [1.29, 1.82) is 0 Å². The molecule has 0 amide bonds. The van der Waals surface area contributed by atoms with Crippen LogP contribution >= 0.6 is 0 Å². The molecule has 0 spiro atoms. The number of nitrogens with zero attached hydrogens (tertiary/aromatic N) is 2. The van der Waals surface area contributed by atoms with Gasteiger partial charge in [-0.15, -0.1) is 0 Å². The largest absolute Gasteiger partial charge is 0.396 e. The zero-order valence-corrected chi connectivity index (χ0v) is 11.0. The van der Waals surface area contributed by atoms with Crippen LogP contribution in [0.25, 0.3) is 16.9 Å². The maximum absolute atomic E-state index is 13.3. The molecule has 20 heavy (non-hydrogen) atoms. The Balaban J connectivity index is 2.10. The lowest BCUT2D eigenvalue weighted by Crippen LogP contribution is -1.97. The molecule has 3 nitrogen and oxygen atoms in total. The number of benzene rings is 2. The minimum Gasteiger partial charge on any atom is -0.396 e. The van der Waals surface area contributed by atoms with Gasteiger partial charge in [-0.1, -0.05) is 30.3 Å². The van der Waals surface area contributed by atoms with Gasteiger partial charge in [0.1, 0.15) is 11.5 Å². The number of para-hydroxylation sites is 1. The number of rotatable bonds is 2. The summed E-state index contributed by atoms with van der Waals surface area (Å²) in [5.41, 5.74) is 9.86. The summed E-state index contributed by atoms with van der Waals surface area (Å²) in [6, 6.07) is 14.2. The van der Waals surface area contributed by atoms with Gasteiger partial charge < -0.3 is 5.73 Å². The normalized spacial score (nSPS) is 10.7. The highest BCUT2D eigenvalue weighted by molar-refractivity contribution is 5.72. The number of nitrogen functional groups attached to an aromatic ring is 1. The van der Waals surface area contributed by atoms with Crippen LogP contribution in [-0.4, -0.2) is 9.78 Å². The van der Waals surface area contributed by atoms with E-state index in [0.29, 0.717) is 16.9 Å². The van der Waals surface area contributed by atoms with Crippen molar-refractivity contribution in [1.82, 2.24) is 9.78 Å². The lowest BCUT2D eigenvalue weighted by atomic mass is 10.1. The number of hydrogen-bond donors (Lipinski definition) is 1. The van der Waals surface area contributed by atoms with Crippen LogP contribution in [0.3, 0.4) is 0 Å². The average molecular weight is 267 g/mol. The van der Waals surface area contributed by atoms with Crippen LogP contribution in [0.4, 0.5) is 10.1 Å². The molecule has 100 valence electrons. The molecule has 0 aliphatic carbocycles. The fourth-order valence-electron chi connectivity index (χ4n) is 2.19. The van der Waals surface area contributed by atoms with Crippen molar-refractivity contribution >= 4 is 5.69 Å². The highest BCUT2D eigenvalue weighted by Crippen LogP contribution is 2.26. The van der Waals surface area contributed by atoms with Crippen molar-refractivity contribution in [2.45, 2.75) is 6.92 Å². The summed E-state index contributed by atoms with van der Waals surface area (Å²) < 4.78 is 15.0. The van der Waals surface area contributed by atoms with E-state index in [2.05, 4.69) is 5.10 Å². The fraction of sp³-hybridized carbons (Fsp3) is 0.0625. The third-order valence-electron chi connectivity index (χ3n) is 3.20. The minimum absolute atomic E-state index is 0.299. The van der Waals surface area contributed by atoms with Crippen LogP contribution in [0.1, 0.15) is 5.56 Å². The number of halogens is 1. The van der Waals surface area contributed by atoms with E-state index < -0.39 is 0 Å². The maximum atomic E-state index is 13.3. The summed E-state index contributed by atoms with van der Waals surface area (Å²) >= 11 is 0. The summed E-state index contributed by atoms with van der Waals surface area (Å²) in [5, 5.41) is 4.48. The van der Waals surface area contributed by atoms with Crippen LogP contribution in [0.2, 0.25) is 0 Å². The fourth-order valence-corrected chi connectivity index (χ4v) is 2.19. The third-order valence-corrected chi connectivity index (χ3v) is 3.20. The van der Waals surface area contributed by atoms with Gasteiger partial charge in [0.25, 0.3) is 0 Å². The topological polar surface area (TPSA) is 43.8 Å². The predicted octanol–water partition coefficient (Wildman–Crippen LogP) is 3.57. The molecule has 3 rings (SSSR count). The number of nitrogens with two attached hydrogens (primary N) is 1. The molecule has 2 N–H and O–H groups in total.